The molecule has 0 saturated carbocycles. The quantitative estimate of drug-likeness (QED) is 0.0668. The largest absolute Gasteiger partial charge is 0.372 e. The number of nitrogens with one attached hydrogen (secondary N) is 2. The molecule has 0 fully saturated rings. The van der Waals surface area contributed by atoms with Gasteiger partial charge in [-0.25, -0.2) is 19.2 Å². The Kier molecular flexibility index (Phi) is 14.6. The van der Waals surface area contributed by atoms with Crippen molar-refractivity contribution in [3.05, 3.63) is 36.4 Å². The van der Waals surface area contributed by atoms with E-state index in [1.807, 2.05) is 12.1 Å². The van der Waals surface area contributed by atoms with E-state index < -0.39 is 9.84 Å². The topological polar surface area (TPSA) is 133 Å². The highest BCUT2D eigenvalue weighted by molar-refractivity contribution is 7.90. The lowest BCUT2D eigenvalue weighted by molar-refractivity contribution is -0.215. The van der Waals surface area contributed by atoms with Gasteiger partial charge in [-0.1, -0.05) is 58.3 Å². The molecule has 0 aliphatic carbocycles. The molecule has 1 amide bonds. The molecule has 0 bridgehead atoms. The van der Waals surface area contributed by atoms with E-state index in [0.717, 1.165) is 44.3 Å². The summed E-state index contributed by atoms with van der Waals surface area (Å²) in [5, 5.41) is 20.1. The van der Waals surface area contributed by atoms with E-state index in [9.17, 15) is 13.2 Å². The van der Waals surface area contributed by atoms with Crippen LogP contribution in [0.5, 0.6) is 0 Å². The Balaban J connectivity index is 2.17. The fourth-order valence-electron chi connectivity index (χ4n) is 4.42. The van der Waals surface area contributed by atoms with Gasteiger partial charge in [-0.05, 0) is 56.7 Å². The molecule has 3 N–H and O–H groups in total. The second kappa shape index (κ2) is 17.6. The van der Waals surface area contributed by atoms with E-state index in [4.69, 9.17) is 5.26 Å². The van der Waals surface area contributed by atoms with Gasteiger partial charge in [0.2, 0.25) is 5.91 Å². The number of hydrogen-bond acceptors (Lipinski definition) is 9. The van der Waals surface area contributed by atoms with Crippen molar-refractivity contribution < 1.29 is 23.5 Å². The van der Waals surface area contributed by atoms with Gasteiger partial charge in [-0.2, -0.15) is 0 Å². The Hall–Kier alpha value is -3.02. The molecular weight excluding hydrogens is 530 g/mol. The first-order chi connectivity index (χ1) is 19.2. The SMILES string of the molecule is CCCCCCCCCCCC(=O)Nc1cc(N(CC)CC)ccc1N=Nc1ccc(NOO)cc1S(C)(=O)=O. The van der Waals surface area contributed by atoms with Crippen LogP contribution >= 0.6 is 0 Å². The van der Waals surface area contributed by atoms with Gasteiger partial charge in [-0.3, -0.25) is 4.79 Å². The maximum atomic E-state index is 12.8. The predicted octanol–water partition coefficient (Wildman–Crippen LogP) is 8.03. The van der Waals surface area contributed by atoms with Gasteiger partial charge in [0.05, 0.1) is 16.3 Å². The number of amides is 1. The van der Waals surface area contributed by atoms with Crippen LogP contribution < -0.4 is 15.7 Å². The summed E-state index contributed by atoms with van der Waals surface area (Å²) in [7, 11) is -3.66. The van der Waals surface area contributed by atoms with Crippen molar-refractivity contribution in [1.29, 1.82) is 0 Å². The fraction of sp³-hybridized carbons (Fsp3) is 0.552. The molecule has 0 spiro atoms. The number of hydrogen-bond donors (Lipinski definition) is 3. The number of unbranched alkanes of at least 4 members (excludes halogenated alkanes) is 8. The van der Waals surface area contributed by atoms with E-state index in [-0.39, 0.29) is 22.2 Å². The number of sulfone groups is 1. The zero-order valence-corrected chi connectivity index (χ0v) is 25.1. The minimum atomic E-state index is -3.66. The Bertz CT molecular complexity index is 1200. The van der Waals surface area contributed by atoms with Crippen LogP contribution in [0.15, 0.2) is 51.5 Å². The van der Waals surface area contributed by atoms with E-state index >= 15 is 0 Å². The maximum absolute atomic E-state index is 12.8. The minimum absolute atomic E-state index is 0.0889. The maximum Gasteiger partial charge on any atom is 0.224 e. The summed E-state index contributed by atoms with van der Waals surface area (Å²) in [4.78, 5) is 18.8. The van der Waals surface area contributed by atoms with Gasteiger partial charge >= 0.3 is 0 Å². The lowest BCUT2D eigenvalue weighted by Crippen LogP contribution is -2.22. The zero-order valence-electron chi connectivity index (χ0n) is 24.3. The minimum Gasteiger partial charge on any atom is -0.372 e. The third-order valence-corrected chi connectivity index (χ3v) is 7.80. The molecule has 222 valence electrons. The number of rotatable bonds is 19. The standard InChI is InChI=1S/C29H45N5O5S/c1-5-8-9-10-11-12-13-14-15-16-29(35)30-27-22-24(34(6-2)7-3)18-20-25(27)31-32-26-19-17-23(33-39-36)21-28(26)40(4,37)38/h17-22,33,36H,5-16H2,1-4H3,(H,30,35). The molecule has 2 aromatic rings. The van der Waals surface area contributed by atoms with E-state index in [1.165, 1.54) is 56.7 Å². The molecule has 0 saturated heterocycles. The second-order valence-corrected chi connectivity index (χ2v) is 11.8. The molecular formula is C29H45N5O5S. The molecule has 0 aliphatic heterocycles. The lowest BCUT2D eigenvalue weighted by atomic mass is 10.1. The second-order valence-electron chi connectivity index (χ2n) is 9.85. The molecule has 0 unspecified atom stereocenters. The van der Waals surface area contributed by atoms with Crippen molar-refractivity contribution >= 4 is 44.2 Å². The summed E-state index contributed by atoms with van der Waals surface area (Å²) in [5.74, 6) is -0.0904. The summed E-state index contributed by atoms with van der Waals surface area (Å²) in [5.41, 5.74) is 4.40. The monoisotopic (exact) mass is 575 g/mol. The Morgan fingerprint density at radius 3 is 2.08 bits per heavy atom. The number of azo groups is 1. The van der Waals surface area contributed by atoms with E-state index in [2.05, 4.69) is 51.7 Å². The Labute approximate surface area is 239 Å². The number of carbonyl (C=O) groups excluding carboxylic acids is 1. The van der Waals surface area contributed by atoms with E-state index in [0.29, 0.717) is 17.8 Å². The van der Waals surface area contributed by atoms with Gasteiger partial charge in [0.25, 0.3) is 0 Å². The summed E-state index contributed by atoms with van der Waals surface area (Å²) in [6.45, 7) is 7.95. The third kappa shape index (κ3) is 11.2. The highest BCUT2D eigenvalue weighted by Crippen LogP contribution is 2.34. The highest BCUT2D eigenvalue weighted by Gasteiger charge is 2.16. The van der Waals surface area contributed by atoms with Gasteiger partial charge in [0.1, 0.15) is 11.4 Å². The summed E-state index contributed by atoms with van der Waals surface area (Å²) in [6.07, 6.45) is 12.1. The van der Waals surface area contributed by atoms with Gasteiger partial charge in [0.15, 0.2) is 9.84 Å². The molecule has 40 heavy (non-hydrogen) atoms. The van der Waals surface area contributed by atoms with Crippen molar-refractivity contribution in [3.63, 3.8) is 0 Å². The first-order valence-electron chi connectivity index (χ1n) is 14.2. The normalized spacial score (nSPS) is 11.6. The molecule has 11 heteroatoms. The smallest absolute Gasteiger partial charge is 0.224 e. The van der Waals surface area contributed by atoms with Crippen LogP contribution in [0.3, 0.4) is 0 Å². The van der Waals surface area contributed by atoms with Crippen molar-refractivity contribution in [2.45, 2.75) is 89.9 Å². The predicted molar refractivity (Wildman–Crippen MR) is 162 cm³/mol. The van der Waals surface area contributed by atoms with Crippen molar-refractivity contribution in [2.75, 3.05) is 35.0 Å². The molecule has 0 atom stereocenters. The molecule has 0 aliphatic rings. The van der Waals surface area contributed by atoms with Crippen LogP contribution in [0.25, 0.3) is 0 Å². The zero-order chi connectivity index (χ0) is 29.4. The van der Waals surface area contributed by atoms with Crippen molar-refractivity contribution in [1.82, 2.24) is 0 Å². The summed E-state index contributed by atoms with van der Waals surface area (Å²) < 4.78 is 24.7. The van der Waals surface area contributed by atoms with Crippen LogP contribution in [0.1, 0.15) is 85.0 Å². The Morgan fingerprint density at radius 1 is 0.875 bits per heavy atom. The first kappa shape index (κ1) is 33.2. The van der Waals surface area contributed by atoms with Crippen molar-refractivity contribution in [3.8, 4) is 0 Å². The number of benzene rings is 2. The van der Waals surface area contributed by atoms with Crippen LogP contribution in [0.2, 0.25) is 0 Å². The highest BCUT2D eigenvalue weighted by atomic mass is 32.2. The van der Waals surface area contributed by atoms with Gasteiger partial charge in [0, 0.05) is 31.5 Å². The van der Waals surface area contributed by atoms with Crippen LogP contribution in [0, 0.1) is 0 Å². The number of carbonyl (C=O) groups is 1. The molecule has 2 rings (SSSR count). The fourth-order valence-corrected chi connectivity index (χ4v) is 5.25. The van der Waals surface area contributed by atoms with Gasteiger partial charge in [-0.15, -0.1) is 15.2 Å². The van der Waals surface area contributed by atoms with Gasteiger partial charge < -0.3 is 10.2 Å². The lowest BCUT2D eigenvalue weighted by Gasteiger charge is -2.22. The molecule has 0 radical (unpaired) electrons. The molecule has 2 aromatic carbocycles. The summed E-state index contributed by atoms with van der Waals surface area (Å²) in [6, 6.07) is 9.78. The van der Waals surface area contributed by atoms with Crippen LogP contribution in [0.4, 0.5) is 28.4 Å². The third-order valence-electron chi connectivity index (χ3n) is 6.68. The molecule has 0 heterocycles. The molecule has 0 aromatic heterocycles. The molecule has 10 nitrogen and oxygen atoms in total. The summed E-state index contributed by atoms with van der Waals surface area (Å²) >= 11 is 0. The first-order valence-corrected chi connectivity index (χ1v) is 16.1. The van der Waals surface area contributed by atoms with Crippen LogP contribution in [-0.2, 0) is 19.6 Å². The number of anilines is 3. The van der Waals surface area contributed by atoms with Crippen molar-refractivity contribution in [2.24, 2.45) is 10.2 Å². The van der Waals surface area contributed by atoms with E-state index in [1.54, 1.807) is 6.07 Å². The average molecular weight is 576 g/mol. The Morgan fingerprint density at radius 2 is 1.48 bits per heavy atom. The van der Waals surface area contributed by atoms with Crippen LogP contribution in [-0.4, -0.2) is 38.9 Å². The average Bonchev–Trinajstić information content (AvgIpc) is 2.92. The number of nitrogens with zero attached hydrogens (tertiary/aromatic N) is 3.